The Hall–Kier alpha value is -11.4. The summed E-state index contributed by atoms with van der Waals surface area (Å²) in [6.45, 7) is 22.4. The number of amides is 16. The number of fused-ring (bicyclic) bond motifs is 1. The van der Waals surface area contributed by atoms with Crippen LogP contribution in [0.3, 0.4) is 0 Å². The molecular weight excluding hydrogens is 1620 g/mol. The highest BCUT2D eigenvalue weighted by Gasteiger charge is 2.40. The van der Waals surface area contributed by atoms with Gasteiger partial charge in [0.1, 0.15) is 78.5 Å². The molecule has 0 aliphatic rings. The predicted molar refractivity (Wildman–Crippen MR) is 475 cm³/mol. The SMILES string of the molecule is CC[C@H](C)[C@H](NC(=O)[C@H](CCCCN)NC(=O)[C@H](Cc1cnc[nH]1)NC(=O)[C@H](Cc1ccccc1)NC(=O)[C@H](CC(C)C)NC(=O)[C@H](CCCCN)NC(=O)[C@H](Cc1c[nH]c2ccccc12)NC(=O)[C@@H](N)CC(N)=O)C(=O)NCC(=O)N[C@@H](C)C(=O)N[C@H](C(=O)N[C@@H](CC(C)C)C(=O)N[C@@H](CCCCN)C(=O)N[C@H](C(=O)N[C@@H](CC(C)C)C(N)=O)C(C)C)C(C)C. The van der Waals surface area contributed by atoms with E-state index in [1.165, 1.54) is 19.4 Å². The molecule has 700 valence electrons. The molecule has 0 saturated heterocycles. The normalized spacial score (nSPS) is 15.0. The summed E-state index contributed by atoms with van der Waals surface area (Å²) in [5, 5.41) is 38.7. The van der Waals surface area contributed by atoms with Crippen molar-refractivity contribution in [1.29, 1.82) is 0 Å². The Bertz CT molecular complexity index is 4200. The van der Waals surface area contributed by atoms with Gasteiger partial charge in [0.05, 0.1) is 25.3 Å². The van der Waals surface area contributed by atoms with Gasteiger partial charge < -0.3 is 119 Å². The minimum Gasteiger partial charge on any atom is -0.370 e. The second kappa shape index (κ2) is 55.1. The molecule has 4 rings (SSSR count). The number of aromatic nitrogens is 3. The highest BCUT2D eigenvalue weighted by atomic mass is 16.2. The number of carbonyl (C=O) groups excluding carboxylic acids is 16. The summed E-state index contributed by atoms with van der Waals surface area (Å²) in [7, 11) is 0. The van der Waals surface area contributed by atoms with Crippen LogP contribution in [0.15, 0.2) is 73.3 Å². The van der Waals surface area contributed by atoms with E-state index in [4.69, 9.17) is 34.4 Å². The van der Waals surface area contributed by atoms with Gasteiger partial charge in [-0.1, -0.05) is 138 Å². The topological polar surface area (TPSA) is 642 Å². The Labute approximate surface area is 738 Å². The first-order valence-electron chi connectivity index (χ1n) is 43.8. The van der Waals surface area contributed by atoms with Crippen LogP contribution < -0.4 is 109 Å². The van der Waals surface area contributed by atoms with Gasteiger partial charge in [-0.05, 0) is 156 Å². The molecule has 39 nitrogen and oxygen atoms in total. The van der Waals surface area contributed by atoms with E-state index in [1.807, 2.05) is 45.9 Å². The second-order valence-electron chi connectivity index (χ2n) is 34.3. The smallest absolute Gasteiger partial charge is 0.243 e. The van der Waals surface area contributed by atoms with Crippen molar-refractivity contribution >= 4 is 105 Å². The van der Waals surface area contributed by atoms with Gasteiger partial charge in [-0.2, -0.15) is 0 Å². The van der Waals surface area contributed by atoms with Crippen LogP contribution in [0.25, 0.3) is 10.9 Å². The number of benzene rings is 2. The van der Waals surface area contributed by atoms with Gasteiger partial charge in [-0.15, -0.1) is 0 Å². The number of H-pyrrole nitrogens is 2. The average molecular weight is 1770 g/mol. The van der Waals surface area contributed by atoms with E-state index in [9.17, 15) is 71.9 Å². The Balaban J connectivity index is 1.54. The van der Waals surface area contributed by atoms with Gasteiger partial charge >= 0.3 is 0 Å². The number of nitrogens with zero attached hydrogens (tertiary/aromatic N) is 1. The zero-order chi connectivity index (χ0) is 94.0. The number of para-hydroxylation sites is 1. The van der Waals surface area contributed by atoms with Gasteiger partial charge in [0.2, 0.25) is 94.5 Å². The predicted octanol–water partition coefficient (Wildman–Crippen LogP) is -1.07. The lowest BCUT2D eigenvalue weighted by Gasteiger charge is -2.29. The maximum Gasteiger partial charge on any atom is 0.243 e. The highest BCUT2D eigenvalue weighted by Crippen LogP contribution is 2.22. The van der Waals surface area contributed by atoms with Crippen LogP contribution in [0.5, 0.6) is 0 Å². The van der Waals surface area contributed by atoms with Crippen LogP contribution >= 0.6 is 0 Å². The zero-order valence-corrected chi connectivity index (χ0v) is 75.3. The minimum absolute atomic E-state index is 0.00119. The standard InChI is InChI=1S/C87H141N23O16/c1-14-52(12)73(85(124)96-45-70(112)98-53(13)75(114)108-71(50(8)9)87(126)107-65(38-49(6)7)80(119)100-61(31-21-24-34-89)78(117)109-72(51(10)11)86(125)102-63(74(93)113)36-47(2)3)110-79(118)62(32-22-25-35-90)101-84(123)68(41-56-44-94-46-97-56)106-82(121)66(39-54-26-16-15-17-27-54)105-81(120)64(37-48(4)5)104-77(116)60(30-20-23-33-88)99-83(122)67(103-76(115)58(91)42-69(92)111)40-55-43-95-59-29-19-18-28-57(55)59/h15-19,26-29,43-44,46-53,58,60-68,71-73,95H,14,20-25,30-42,45,88-91H2,1-13H3,(H2,92,111)(H2,93,113)(H,94,97)(H,96,124)(H,98,112)(H,99,122)(H,100,119)(H,101,123)(H,102,125)(H,103,115)(H,104,116)(H,105,120)(H,106,121)(H,107,126)(H,108,114)(H,109,117)(H,110,118)/t52-,53-,58-,60-,61-,62-,63-,64-,65-,66-,67-,68-,71-,72-,73-/m0/s1. The van der Waals surface area contributed by atoms with Crippen molar-refractivity contribution in [2.45, 2.75) is 284 Å². The average Bonchev–Trinajstić information content (AvgIpc) is 1.56. The number of hydrogen-bond acceptors (Lipinski definition) is 21. The Morgan fingerprint density at radius 1 is 0.397 bits per heavy atom. The number of unbranched alkanes of at least 4 members (excludes halogenated alkanes) is 3. The molecule has 0 aliphatic carbocycles. The molecule has 0 aliphatic heterocycles. The van der Waals surface area contributed by atoms with Crippen molar-refractivity contribution in [3.63, 3.8) is 0 Å². The van der Waals surface area contributed by atoms with E-state index in [2.05, 4.69) is 89.4 Å². The van der Waals surface area contributed by atoms with E-state index < -0.39 is 210 Å². The fourth-order valence-electron chi connectivity index (χ4n) is 14.0. The van der Waals surface area contributed by atoms with Crippen molar-refractivity contribution in [3.8, 4) is 0 Å². The summed E-state index contributed by atoms with van der Waals surface area (Å²) in [5.74, 6) is -14.9. The zero-order valence-electron chi connectivity index (χ0n) is 75.3. The molecule has 16 amide bonds. The molecule has 2 heterocycles. The summed E-state index contributed by atoms with van der Waals surface area (Å²) in [6.07, 6.45) is 6.59. The fourth-order valence-corrected chi connectivity index (χ4v) is 14.0. The molecule has 0 spiro atoms. The summed E-state index contributed by atoms with van der Waals surface area (Å²) < 4.78 is 0. The number of nitrogens with one attached hydrogen (secondary N) is 16. The van der Waals surface area contributed by atoms with Crippen molar-refractivity contribution in [3.05, 3.63) is 90.1 Å². The number of primary amides is 2. The van der Waals surface area contributed by atoms with Gasteiger partial charge in [0.25, 0.3) is 0 Å². The van der Waals surface area contributed by atoms with Crippen molar-refractivity contribution in [2.24, 2.45) is 69.9 Å². The maximum atomic E-state index is 15.1. The van der Waals surface area contributed by atoms with E-state index in [0.717, 1.165) is 10.9 Å². The number of rotatable bonds is 59. The first-order chi connectivity index (χ1) is 59.6. The molecule has 0 saturated carbocycles. The van der Waals surface area contributed by atoms with Crippen molar-refractivity contribution in [2.75, 3.05) is 26.2 Å². The minimum atomic E-state index is -1.50. The van der Waals surface area contributed by atoms with Crippen molar-refractivity contribution in [1.82, 2.24) is 89.4 Å². The molecule has 0 radical (unpaired) electrons. The fraction of sp³-hybridized carbons (Fsp3) is 0.621. The first-order valence-corrected chi connectivity index (χ1v) is 43.8. The molecular formula is C87H141N23O16. The first kappa shape index (κ1) is 107. The molecule has 0 fully saturated rings. The molecule has 126 heavy (non-hydrogen) atoms. The van der Waals surface area contributed by atoms with Crippen LogP contribution in [0.1, 0.15) is 197 Å². The highest BCUT2D eigenvalue weighted by molar-refractivity contribution is 6.01. The lowest BCUT2D eigenvalue weighted by atomic mass is 9.97. The summed E-state index contributed by atoms with van der Waals surface area (Å²) in [6, 6.07) is -2.40. The summed E-state index contributed by atoms with van der Waals surface area (Å²) >= 11 is 0. The van der Waals surface area contributed by atoms with E-state index >= 15 is 4.79 Å². The quantitative estimate of drug-likeness (QED) is 0.0234. The Kier molecular flexibility index (Phi) is 46.8. The maximum absolute atomic E-state index is 15.1. The molecule has 15 atom stereocenters. The Morgan fingerprint density at radius 2 is 0.794 bits per heavy atom. The van der Waals surface area contributed by atoms with Crippen LogP contribution in [0.2, 0.25) is 0 Å². The van der Waals surface area contributed by atoms with Crippen LogP contribution in [0, 0.1) is 35.5 Å². The molecule has 39 heteroatoms. The molecule has 0 unspecified atom stereocenters. The van der Waals surface area contributed by atoms with Crippen LogP contribution in [-0.4, -0.2) is 220 Å². The van der Waals surface area contributed by atoms with E-state index in [0.29, 0.717) is 61.8 Å². The number of aromatic amines is 2. The third-order valence-corrected chi connectivity index (χ3v) is 21.3. The molecule has 4 aromatic rings. The number of carbonyl (C=O) groups is 16. The monoisotopic (exact) mass is 1760 g/mol. The second-order valence-corrected chi connectivity index (χ2v) is 34.3. The molecule has 0 bridgehead atoms. The molecule has 28 N–H and O–H groups in total. The van der Waals surface area contributed by atoms with Gasteiger partial charge in [-0.25, -0.2) is 4.98 Å². The third-order valence-electron chi connectivity index (χ3n) is 21.3. The lowest BCUT2D eigenvalue weighted by Crippen LogP contribution is -2.61. The number of hydrogen-bond donors (Lipinski definition) is 22. The van der Waals surface area contributed by atoms with Crippen LogP contribution in [-0.2, 0) is 96.0 Å². The Morgan fingerprint density at radius 3 is 1.25 bits per heavy atom. The van der Waals surface area contributed by atoms with Gasteiger partial charge in [-0.3, -0.25) is 76.7 Å². The molecule has 2 aromatic carbocycles. The largest absolute Gasteiger partial charge is 0.370 e. The summed E-state index contributed by atoms with van der Waals surface area (Å²) in [5.41, 5.74) is 36.9. The van der Waals surface area contributed by atoms with E-state index in [-0.39, 0.29) is 95.2 Å². The number of nitrogens with two attached hydrogens (primary N) is 6. The third kappa shape index (κ3) is 37.4. The van der Waals surface area contributed by atoms with Gasteiger partial charge in [0.15, 0.2) is 0 Å². The number of imidazole rings is 1. The van der Waals surface area contributed by atoms with Crippen molar-refractivity contribution < 1.29 is 76.7 Å². The van der Waals surface area contributed by atoms with Gasteiger partial charge in [0, 0.05) is 48.3 Å². The summed E-state index contributed by atoms with van der Waals surface area (Å²) in [4.78, 5) is 235. The molecule has 2 aromatic heterocycles. The van der Waals surface area contributed by atoms with E-state index in [1.54, 1.807) is 98.0 Å². The lowest BCUT2D eigenvalue weighted by molar-refractivity contribution is -0.136. The van der Waals surface area contributed by atoms with Crippen LogP contribution in [0.4, 0.5) is 0 Å².